The van der Waals surface area contributed by atoms with E-state index in [4.69, 9.17) is 9.47 Å². The van der Waals surface area contributed by atoms with Crippen LogP contribution in [0.4, 0.5) is 20.6 Å². The van der Waals surface area contributed by atoms with Crippen molar-refractivity contribution >= 4 is 17.5 Å². The summed E-state index contributed by atoms with van der Waals surface area (Å²) in [6.07, 6.45) is 2.11. The van der Waals surface area contributed by atoms with Crippen LogP contribution in [-0.4, -0.2) is 35.5 Å². The number of ether oxygens (including phenoxy) is 2. The number of carbonyl (C=O) groups is 1. The van der Waals surface area contributed by atoms with Crippen LogP contribution in [0, 0.1) is 5.82 Å². The highest BCUT2D eigenvalue weighted by Gasteiger charge is 2.33. The van der Waals surface area contributed by atoms with E-state index in [0.29, 0.717) is 30.3 Å². The average molecular weight is 396 g/mol. The molecule has 2 aliphatic heterocycles. The molecule has 0 aliphatic carbocycles. The Balaban J connectivity index is 1.27. The molecular formula is C20H17FN4O4. The SMILES string of the molecule is O=C1OC(COc2ccon2)CN1c1ccc(N2Cc3cccnc3C2)c(F)c1. The molecule has 148 valence electrons. The summed E-state index contributed by atoms with van der Waals surface area (Å²) in [4.78, 5) is 19.9. The molecule has 5 rings (SSSR count). The van der Waals surface area contributed by atoms with Gasteiger partial charge in [-0.1, -0.05) is 6.07 Å². The number of anilines is 2. The van der Waals surface area contributed by atoms with Gasteiger partial charge in [-0.15, -0.1) is 0 Å². The van der Waals surface area contributed by atoms with E-state index in [9.17, 15) is 9.18 Å². The highest BCUT2D eigenvalue weighted by molar-refractivity contribution is 5.90. The first-order valence-corrected chi connectivity index (χ1v) is 9.16. The van der Waals surface area contributed by atoms with Crippen LogP contribution >= 0.6 is 0 Å². The third kappa shape index (κ3) is 3.35. The van der Waals surface area contributed by atoms with Crippen LogP contribution < -0.4 is 14.5 Å². The van der Waals surface area contributed by atoms with Gasteiger partial charge in [-0.25, -0.2) is 9.18 Å². The summed E-state index contributed by atoms with van der Waals surface area (Å²) in [6.45, 7) is 1.55. The second kappa shape index (κ2) is 7.08. The summed E-state index contributed by atoms with van der Waals surface area (Å²) in [5.74, 6) is -0.0820. The molecular weight excluding hydrogens is 379 g/mol. The lowest BCUT2D eigenvalue weighted by Gasteiger charge is -2.20. The summed E-state index contributed by atoms with van der Waals surface area (Å²) < 4.78 is 30.2. The van der Waals surface area contributed by atoms with Crippen LogP contribution in [0.1, 0.15) is 11.3 Å². The number of rotatable bonds is 5. The number of carbonyl (C=O) groups excluding carboxylic acids is 1. The van der Waals surface area contributed by atoms with E-state index in [1.54, 1.807) is 24.4 Å². The van der Waals surface area contributed by atoms with Crippen molar-refractivity contribution in [3.63, 3.8) is 0 Å². The molecule has 29 heavy (non-hydrogen) atoms. The van der Waals surface area contributed by atoms with Crippen LogP contribution in [0.15, 0.2) is 53.4 Å². The lowest BCUT2D eigenvalue weighted by atomic mass is 10.2. The summed E-state index contributed by atoms with van der Waals surface area (Å²) >= 11 is 0. The van der Waals surface area contributed by atoms with E-state index >= 15 is 0 Å². The highest BCUT2D eigenvalue weighted by atomic mass is 19.1. The molecule has 0 N–H and O–H groups in total. The van der Waals surface area contributed by atoms with E-state index in [1.165, 1.54) is 17.2 Å². The number of pyridine rings is 1. The number of hydrogen-bond donors (Lipinski definition) is 0. The van der Waals surface area contributed by atoms with Gasteiger partial charge in [0.1, 0.15) is 18.7 Å². The molecule has 0 radical (unpaired) electrons. The van der Waals surface area contributed by atoms with Crippen LogP contribution in [0.3, 0.4) is 0 Å². The Morgan fingerprint density at radius 1 is 1.24 bits per heavy atom. The quantitative estimate of drug-likeness (QED) is 0.655. The van der Waals surface area contributed by atoms with Gasteiger partial charge in [-0.05, 0) is 35.0 Å². The van der Waals surface area contributed by atoms with Gasteiger partial charge in [0.05, 0.1) is 30.2 Å². The first kappa shape index (κ1) is 17.5. The van der Waals surface area contributed by atoms with Crippen molar-refractivity contribution in [2.75, 3.05) is 23.0 Å². The zero-order valence-electron chi connectivity index (χ0n) is 15.3. The third-order valence-corrected chi connectivity index (χ3v) is 4.98. The van der Waals surface area contributed by atoms with E-state index in [1.807, 2.05) is 17.0 Å². The normalized spacial score (nSPS) is 18.1. The molecule has 1 amide bonds. The summed E-state index contributed by atoms with van der Waals surface area (Å²) in [5, 5.41) is 3.64. The number of nitrogens with zero attached hydrogens (tertiary/aromatic N) is 4. The van der Waals surface area contributed by atoms with Gasteiger partial charge in [0.15, 0.2) is 6.10 Å². The fourth-order valence-corrected chi connectivity index (χ4v) is 3.56. The molecule has 0 spiro atoms. The fourth-order valence-electron chi connectivity index (χ4n) is 3.56. The molecule has 4 heterocycles. The highest BCUT2D eigenvalue weighted by Crippen LogP contribution is 2.32. The topological polar surface area (TPSA) is 80.9 Å². The number of amides is 1. The van der Waals surface area contributed by atoms with Gasteiger partial charge < -0.3 is 18.9 Å². The van der Waals surface area contributed by atoms with Gasteiger partial charge in [-0.2, -0.15) is 0 Å². The van der Waals surface area contributed by atoms with Crippen molar-refractivity contribution in [2.24, 2.45) is 0 Å². The molecule has 2 aromatic heterocycles. The zero-order chi connectivity index (χ0) is 19.8. The van der Waals surface area contributed by atoms with Crippen molar-refractivity contribution in [3.8, 4) is 5.88 Å². The van der Waals surface area contributed by atoms with E-state index in [0.717, 1.165) is 11.3 Å². The maximum atomic E-state index is 14.9. The van der Waals surface area contributed by atoms with Gasteiger partial charge in [0, 0.05) is 18.8 Å². The number of cyclic esters (lactones) is 1. The monoisotopic (exact) mass is 396 g/mol. The number of aromatic nitrogens is 2. The van der Waals surface area contributed by atoms with Crippen LogP contribution in [0.25, 0.3) is 0 Å². The van der Waals surface area contributed by atoms with Crippen LogP contribution in [0.5, 0.6) is 5.88 Å². The molecule has 1 saturated heterocycles. The van der Waals surface area contributed by atoms with E-state index < -0.39 is 18.0 Å². The minimum Gasteiger partial charge on any atom is -0.471 e. The summed E-state index contributed by atoms with van der Waals surface area (Å²) in [5.41, 5.74) is 2.96. The first-order chi connectivity index (χ1) is 14.2. The largest absolute Gasteiger partial charge is 0.471 e. The zero-order valence-corrected chi connectivity index (χ0v) is 15.3. The Bertz CT molecular complexity index is 1020. The molecule has 2 aliphatic rings. The summed E-state index contributed by atoms with van der Waals surface area (Å²) in [6, 6.07) is 10.2. The molecule has 1 unspecified atom stereocenters. The van der Waals surface area contributed by atoms with Gasteiger partial charge in [0.2, 0.25) is 0 Å². The molecule has 3 aromatic rings. The molecule has 1 atom stereocenters. The minimum absolute atomic E-state index is 0.133. The Hall–Kier alpha value is -3.62. The molecule has 8 nitrogen and oxygen atoms in total. The lowest BCUT2D eigenvalue weighted by Crippen LogP contribution is -2.27. The second-order valence-corrected chi connectivity index (χ2v) is 6.87. The predicted molar refractivity (Wildman–Crippen MR) is 100 cm³/mol. The molecule has 9 heteroatoms. The van der Waals surface area contributed by atoms with E-state index in [-0.39, 0.29) is 13.2 Å². The molecule has 0 saturated carbocycles. The second-order valence-electron chi connectivity index (χ2n) is 6.87. The Kier molecular flexibility index (Phi) is 4.27. The number of fused-ring (bicyclic) bond motifs is 1. The Morgan fingerprint density at radius 2 is 2.17 bits per heavy atom. The Morgan fingerprint density at radius 3 is 2.97 bits per heavy atom. The third-order valence-electron chi connectivity index (χ3n) is 4.98. The number of hydrogen-bond acceptors (Lipinski definition) is 7. The summed E-state index contributed by atoms with van der Waals surface area (Å²) in [7, 11) is 0. The van der Waals surface area contributed by atoms with E-state index in [2.05, 4.69) is 14.7 Å². The average Bonchev–Trinajstić information content (AvgIpc) is 3.45. The lowest BCUT2D eigenvalue weighted by molar-refractivity contribution is 0.102. The van der Waals surface area contributed by atoms with Crippen molar-refractivity contribution in [1.29, 1.82) is 0 Å². The number of halogens is 1. The standard InChI is InChI=1S/C20H17FN4O4/c21-16-8-14(3-4-18(16)24-9-13-2-1-6-22-17(13)11-24)25-10-15(29-20(25)26)12-27-19-5-7-28-23-19/h1-8,15H,9-12H2. The fraction of sp³-hybridized carbons (Fsp3) is 0.250. The van der Waals surface area contributed by atoms with Crippen molar-refractivity contribution in [2.45, 2.75) is 19.2 Å². The van der Waals surface area contributed by atoms with Crippen LogP contribution in [0.2, 0.25) is 0 Å². The first-order valence-electron chi connectivity index (χ1n) is 9.16. The molecule has 1 aromatic carbocycles. The van der Waals surface area contributed by atoms with Gasteiger partial charge in [-0.3, -0.25) is 9.88 Å². The predicted octanol–water partition coefficient (Wildman–Crippen LogP) is 3.13. The van der Waals surface area contributed by atoms with Crippen molar-refractivity contribution in [1.82, 2.24) is 10.1 Å². The van der Waals surface area contributed by atoms with Gasteiger partial charge in [0.25, 0.3) is 5.88 Å². The van der Waals surface area contributed by atoms with Crippen LogP contribution in [-0.2, 0) is 17.8 Å². The molecule has 1 fully saturated rings. The minimum atomic E-state index is -0.538. The molecule has 0 bridgehead atoms. The Labute approximate surface area is 165 Å². The smallest absolute Gasteiger partial charge is 0.414 e. The maximum absolute atomic E-state index is 14.9. The van der Waals surface area contributed by atoms with Crippen molar-refractivity contribution < 1.29 is 23.2 Å². The van der Waals surface area contributed by atoms with Gasteiger partial charge >= 0.3 is 6.09 Å². The van der Waals surface area contributed by atoms with Crippen molar-refractivity contribution in [3.05, 3.63) is 65.9 Å². The number of benzene rings is 1. The maximum Gasteiger partial charge on any atom is 0.414 e.